The summed E-state index contributed by atoms with van der Waals surface area (Å²) in [6.07, 6.45) is 0. The van der Waals surface area contributed by atoms with Gasteiger partial charge < -0.3 is 4.74 Å². The molecule has 0 radical (unpaired) electrons. The van der Waals surface area contributed by atoms with Crippen LogP contribution in [0.4, 0.5) is 0 Å². The van der Waals surface area contributed by atoms with Crippen LogP contribution in [0.15, 0.2) is 121 Å². The molecule has 0 spiro atoms. The van der Waals surface area contributed by atoms with Crippen molar-refractivity contribution in [2.24, 2.45) is 0 Å². The number of rotatable bonds is 4. The van der Waals surface area contributed by atoms with Crippen molar-refractivity contribution in [2.75, 3.05) is 0 Å². The quantitative estimate of drug-likeness (QED) is 0.223. The highest BCUT2D eigenvalue weighted by molar-refractivity contribution is 5.80. The Labute approximate surface area is 244 Å². The molecule has 5 nitrogen and oxygen atoms in total. The molecule has 0 saturated carbocycles. The van der Waals surface area contributed by atoms with Crippen molar-refractivity contribution in [3.05, 3.63) is 132 Å². The van der Waals surface area contributed by atoms with Crippen molar-refractivity contribution >= 4 is 0 Å². The Hall–Kier alpha value is -5.60. The van der Waals surface area contributed by atoms with Gasteiger partial charge in [-0.05, 0) is 66.9 Å². The fraction of sp³-hybridized carbons (Fsp3) is 0.0811. The molecule has 200 valence electrons. The fourth-order valence-electron chi connectivity index (χ4n) is 5.44. The average molecular weight is 543 g/mol. The maximum atomic E-state index is 9.29. The number of aromatic nitrogens is 3. The van der Waals surface area contributed by atoms with Gasteiger partial charge in [0.15, 0.2) is 17.5 Å². The highest BCUT2D eigenvalue weighted by Crippen LogP contribution is 2.46. The van der Waals surface area contributed by atoms with Crippen molar-refractivity contribution in [1.82, 2.24) is 15.0 Å². The minimum atomic E-state index is -0.472. The molecule has 0 bridgehead atoms. The third-order valence-electron chi connectivity index (χ3n) is 7.63. The Morgan fingerprint density at radius 2 is 1.07 bits per heavy atom. The fourth-order valence-corrected chi connectivity index (χ4v) is 5.44. The molecule has 0 unspecified atom stereocenters. The molecular weight excluding hydrogens is 516 g/mol. The molecule has 1 aliphatic rings. The van der Waals surface area contributed by atoms with Crippen molar-refractivity contribution in [2.45, 2.75) is 19.4 Å². The topological polar surface area (TPSA) is 71.7 Å². The van der Waals surface area contributed by atoms with Crippen molar-refractivity contribution in [3.8, 4) is 68.2 Å². The van der Waals surface area contributed by atoms with E-state index in [0.717, 1.165) is 50.3 Å². The number of ether oxygens (including phenoxy) is 1. The van der Waals surface area contributed by atoms with E-state index in [1.165, 1.54) is 0 Å². The standard InChI is InChI=1S/C37H26N4O/c1-37(2)32-21-20-29(22-31(32)30-10-6-7-11-33(30)42-37)36-40-34(27-14-12-24(23-38)13-15-27)39-35(41-36)28-18-16-26(17-19-28)25-8-4-3-5-9-25/h3-22H,1-2H3. The van der Waals surface area contributed by atoms with E-state index in [0.29, 0.717) is 23.0 Å². The third kappa shape index (κ3) is 4.59. The number of nitrogens with zero attached hydrogens (tertiary/aromatic N) is 4. The summed E-state index contributed by atoms with van der Waals surface area (Å²) in [6, 6.07) is 42.5. The number of nitriles is 1. The lowest BCUT2D eigenvalue weighted by Gasteiger charge is -2.35. The number of benzene rings is 5. The van der Waals surface area contributed by atoms with Gasteiger partial charge in [0, 0.05) is 27.8 Å². The number of fused-ring (bicyclic) bond motifs is 3. The van der Waals surface area contributed by atoms with E-state index in [2.05, 4.69) is 68.4 Å². The highest BCUT2D eigenvalue weighted by atomic mass is 16.5. The molecule has 0 saturated heterocycles. The molecule has 42 heavy (non-hydrogen) atoms. The lowest BCUT2D eigenvalue weighted by atomic mass is 9.85. The second kappa shape index (κ2) is 10.1. The molecular formula is C37H26N4O. The van der Waals surface area contributed by atoms with Gasteiger partial charge in [0.2, 0.25) is 0 Å². The predicted molar refractivity (Wildman–Crippen MR) is 165 cm³/mol. The van der Waals surface area contributed by atoms with Crippen molar-refractivity contribution in [3.63, 3.8) is 0 Å². The molecule has 5 aromatic carbocycles. The summed E-state index contributed by atoms with van der Waals surface area (Å²) in [6.45, 7) is 4.18. The zero-order chi connectivity index (χ0) is 28.7. The van der Waals surface area contributed by atoms with Gasteiger partial charge in [-0.1, -0.05) is 84.9 Å². The van der Waals surface area contributed by atoms with Gasteiger partial charge in [-0.25, -0.2) is 15.0 Å². The van der Waals surface area contributed by atoms with Gasteiger partial charge in [-0.15, -0.1) is 0 Å². The molecule has 6 aromatic rings. The molecule has 1 aromatic heterocycles. The van der Waals surface area contributed by atoms with Crippen LogP contribution in [0.2, 0.25) is 0 Å². The highest BCUT2D eigenvalue weighted by Gasteiger charge is 2.32. The number of hydrogen-bond acceptors (Lipinski definition) is 5. The molecule has 0 N–H and O–H groups in total. The molecule has 0 amide bonds. The first kappa shape index (κ1) is 25.4. The summed E-state index contributed by atoms with van der Waals surface area (Å²) in [5.41, 5.74) is 8.26. The first-order valence-corrected chi connectivity index (χ1v) is 13.8. The number of hydrogen-bond donors (Lipinski definition) is 0. The second-order valence-corrected chi connectivity index (χ2v) is 10.8. The summed E-state index contributed by atoms with van der Waals surface area (Å²) in [5, 5.41) is 9.29. The van der Waals surface area contributed by atoms with Crippen LogP contribution in [-0.4, -0.2) is 15.0 Å². The summed E-state index contributed by atoms with van der Waals surface area (Å²) < 4.78 is 6.34. The van der Waals surface area contributed by atoms with Crippen LogP contribution in [0, 0.1) is 11.3 Å². The first-order valence-electron chi connectivity index (χ1n) is 13.8. The van der Waals surface area contributed by atoms with E-state index < -0.39 is 5.60 Å². The molecule has 0 fully saturated rings. The Morgan fingerprint density at radius 3 is 1.74 bits per heavy atom. The van der Waals surface area contributed by atoms with E-state index >= 15 is 0 Å². The predicted octanol–water partition coefficient (Wildman–Crippen LogP) is 8.71. The molecule has 1 aliphatic heterocycles. The van der Waals surface area contributed by atoms with Crippen LogP contribution in [0.3, 0.4) is 0 Å². The van der Waals surface area contributed by atoms with Gasteiger partial charge in [0.05, 0.1) is 11.6 Å². The second-order valence-electron chi connectivity index (χ2n) is 10.8. The Morgan fingerprint density at radius 1 is 0.548 bits per heavy atom. The van der Waals surface area contributed by atoms with Crippen LogP contribution < -0.4 is 4.74 Å². The first-order chi connectivity index (χ1) is 20.5. The van der Waals surface area contributed by atoms with Crippen LogP contribution in [0.5, 0.6) is 5.75 Å². The lowest BCUT2D eigenvalue weighted by molar-refractivity contribution is 0.106. The van der Waals surface area contributed by atoms with E-state index in [-0.39, 0.29) is 0 Å². The summed E-state index contributed by atoms with van der Waals surface area (Å²) in [7, 11) is 0. The zero-order valence-electron chi connectivity index (χ0n) is 23.2. The van der Waals surface area contributed by atoms with Crippen LogP contribution in [0.1, 0.15) is 25.0 Å². The SMILES string of the molecule is CC1(C)Oc2ccccc2-c2cc(-c3nc(-c4ccc(C#N)cc4)nc(-c4ccc(-c5ccccc5)cc4)n3)ccc21. The lowest BCUT2D eigenvalue weighted by Crippen LogP contribution is -2.29. The summed E-state index contributed by atoms with van der Waals surface area (Å²) in [4.78, 5) is 14.8. The van der Waals surface area contributed by atoms with E-state index in [9.17, 15) is 5.26 Å². The molecule has 2 heterocycles. The largest absolute Gasteiger partial charge is 0.482 e. The molecule has 0 atom stereocenters. The smallest absolute Gasteiger partial charge is 0.164 e. The maximum Gasteiger partial charge on any atom is 0.164 e. The summed E-state index contributed by atoms with van der Waals surface area (Å²) in [5.74, 6) is 2.57. The van der Waals surface area contributed by atoms with Crippen LogP contribution >= 0.6 is 0 Å². The maximum absolute atomic E-state index is 9.29. The monoisotopic (exact) mass is 542 g/mol. The molecule has 5 heteroatoms. The Bertz CT molecular complexity index is 1970. The minimum Gasteiger partial charge on any atom is -0.482 e. The van der Waals surface area contributed by atoms with Gasteiger partial charge in [0.1, 0.15) is 11.4 Å². The zero-order valence-corrected chi connectivity index (χ0v) is 23.2. The minimum absolute atomic E-state index is 0.472. The van der Waals surface area contributed by atoms with Crippen LogP contribution in [-0.2, 0) is 5.60 Å². The normalized spacial score (nSPS) is 12.9. The van der Waals surface area contributed by atoms with Gasteiger partial charge >= 0.3 is 0 Å². The molecule has 0 aliphatic carbocycles. The van der Waals surface area contributed by atoms with Crippen LogP contribution in [0.25, 0.3) is 56.4 Å². The van der Waals surface area contributed by atoms with E-state index in [4.69, 9.17) is 19.7 Å². The Kier molecular flexibility index (Phi) is 6.10. The van der Waals surface area contributed by atoms with Gasteiger partial charge in [0.25, 0.3) is 0 Å². The summed E-state index contributed by atoms with van der Waals surface area (Å²) >= 11 is 0. The molecule has 7 rings (SSSR count). The van der Waals surface area contributed by atoms with Gasteiger partial charge in [-0.2, -0.15) is 5.26 Å². The van der Waals surface area contributed by atoms with E-state index in [1.807, 2.05) is 60.7 Å². The van der Waals surface area contributed by atoms with Crippen molar-refractivity contribution in [1.29, 1.82) is 5.26 Å². The van der Waals surface area contributed by atoms with Gasteiger partial charge in [-0.3, -0.25) is 0 Å². The third-order valence-corrected chi connectivity index (χ3v) is 7.63. The Balaban J connectivity index is 1.37. The van der Waals surface area contributed by atoms with Crippen molar-refractivity contribution < 1.29 is 4.74 Å². The van der Waals surface area contributed by atoms with E-state index in [1.54, 1.807) is 12.1 Å². The average Bonchev–Trinajstić information content (AvgIpc) is 3.05. The number of para-hydroxylation sites is 1.